The van der Waals surface area contributed by atoms with Gasteiger partial charge in [0.15, 0.2) is 0 Å². The average Bonchev–Trinajstić information content (AvgIpc) is 2.40. The first kappa shape index (κ1) is 11.1. The molecule has 0 aromatic heterocycles. The third-order valence-electron chi connectivity index (χ3n) is 3.35. The number of rotatable bonds is 1. The fourth-order valence-electron chi connectivity index (χ4n) is 2.55. The zero-order valence-electron chi connectivity index (χ0n) is 9.04. The first-order valence-electron chi connectivity index (χ1n) is 5.65. The maximum absolute atomic E-state index is 10.7. The largest absolute Gasteiger partial charge is 0.478 e. The van der Waals surface area contributed by atoms with Gasteiger partial charge in [-0.1, -0.05) is 24.3 Å². The number of fused-ring (bicyclic) bond motifs is 1. The van der Waals surface area contributed by atoms with Crippen molar-refractivity contribution in [3.63, 3.8) is 0 Å². The van der Waals surface area contributed by atoms with Crippen molar-refractivity contribution in [2.24, 2.45) is 11.8 Å². The van der Waals surface area contributed by atoms with E-state index in [1.807, 2.05) is 18.2 Å². The topological polar surface area (TPSA) is 57.5 Å². The van der Waals surface area contributed by atoms with Gasteiger partial charge in [-0.3, -0.25) is 0 Å². The molecule has 0 bridgehead atoms. The smallest absolute Gasteiger partial charge is 0.328 e. The van der Waals surface area contributed by atoms with Crippen LogP contribution in [0.3, 0.4) is 0 Å². The molecule has 0 amide bonds. The third-order valence-corrected chi connectivity index (χ3v) is 3.35. The van der Waals surface area contributed by atoms with Crippen molar-refractivity contribution in [2.75, 3.05) is 0 Å². The van der Waals surface area contributed by atoms with Gasteiger partial charge in [0.05, 0.1) is 6.10 Å². The molecule has 1 saturated carbocycles. The normalized spacial score (nSPS) is 35.8. The fourth-order valence-corrected chi connectivity index (χ4v) is 2.55. The molecule has 2 aliphatic carbocycles. The molecule has 3 atom stereocenters. The number of carboxylic acids is 1. The monoisotopic (exact) mass is 220 g/mol. The van der Waals surface area contributed by atoms with Crippen molar-refractivity contribution in [2.45, 2.75) is 25.4 Å². The quantitative estimate of drug-likeness (QED) is 0.663. The summed E-state index contributed by atoms with van der Waals surface area (Å²) in [6.07, 6.45) is 11.2. The minimum atomic E-state index is -0.970. The molecule has 2 aliphatic rings. The lowest BCUT2D eigenvalue weighted by Gasteiger charge is -2.26. The molecule has 0 radical (unpaired) electrons. The molecular weight excluding hydrogens is 204 g/mol. The highest BCUT2D eigenvalue weighted by Gasteiger charge is 2.31. The molecule has 16 heavy (non-hydrogen) atoms. The molecule has 3 heteroatoms. The van der Waals surface area contributed by atoms with Gasteiger partial charge < -0.3 is 10.2 Å². The maximum atomic E-state index is 10.7. The molecule has 1 fully saturated rings. The average molecular weight is 220 g/mol. The van der Waals surface area contributed by atoms with Crippen molar-refractivity contribution in [3.8, 4) is 0 Å². The van der Waals surface area contributed by atoms with Crippen molar-refractivity contribution in [1.29, 1.82) is 0 Å². The summed E-state index contributed by atoms with van der Waals surface area (Å²) in [7, 11) is 0. The molecule has 0 aromatic carbocycles. The minimum absolute atomic E-state index is 0.0399. The predicted octanol–water partition coefficient (Wildman–Crippen LogP) is 1.90. The summed E-state index contributed by atoms with van der Waals surface area (Å²) >= 11 is 0. The van der Waals surface area contributed by atoms with Crippen LogP contribution in [0.15, 0.2) is 36.0 Å². The van der Waals surface area contributed by atoms with Crippen molar-refractivity contribution >= 4 is 5.97 Å². The van der Waals surface area contributed by atoms with Crippen LogP contribution in [0, 0.1) is 11.8 Å². The van der Waals surface area contributed by atoms with Crippen LogP contribution in [0.5, 0.6) is 0 Å². The maximum Gasteiger partial charge on any atom is 0.328 e. The number of hydrogen-bond acceptors (Lipinski definition) is 2. The van der Waals surface area contributed by atoms with Crippen molar-refractivity contribution in [1.82, 2.24) is 0 Å². The van der Waals surface area contributed by atoms with E-state index in [0.29, 0.717) is 17.9 Å². The van der Waals surface area contributed by atoms with Gasteiger partial charge >= 0.3 is 5.97 Å². The van der Waals surface area contributed by atoms with Gasteiger partial charge in [-0.15, -0.1) is 0 Å². The molecule has 0 saturated heterocycles. The van der Waals surface area contributed by atoms with Crippen LogP contribution in [-0.2, 0) is 4.79 Å². The van der Waals surface area contributed by atoms with Gasteiger partial charge in [0.1, 0.15) is 0 Å². The second kappa shape index (κ2) is 4.66. The highest BCUT2D eigenvalue weighted by atomic mass is 16.4. The first-order chi connectivity index (χ1) is 7.68. The molecule has 86 valence electrons. The molecule has 0 aliphatic heterocycles. The summed E-state index contributed by atoms with van der Waals surface area (Å²) in [5.74, 6) is -0.583. The Morgan fingerprint density at radius 1 is 1.38 bits per heavy atom. The zero-order valence-corrected chi connectivity index (χ0v) is 9.04. The molecular formula is C13H16O3. The van der Waals surface area contributed by atoms with Crippen LogP contribution in [0.2, 0.25) is 0 Å². The first-order valence-corrected chi connectivity index (χ1v) is 5.65. The van der Waals surface area contributed by atoms with Gasteiger partial charge in [-0.2, -0.15) is 0 Å². The van der Waals surface area contributed by atoms with E-state index in [4.69, 9.17) is 5.11 Å². The van der Waals surface area contributed by atoms with Crippen LogP contribution in [0.1, 0.15) is 19.3 Å². The Kier molecular flexibility index (Phi) is 3.25. The standard InChI is InChI=1S/C13H16O3/c14-12(15)8-10-6-3-5-9-4-1-2-7-11(9)13(10)16/h1-2,4,7-9,11,13,16H,3,5-6H2,(H,14,15)/b10-8+. The van der Waals surface area contributed by atoms with E-state index in [0.717, 1.165) is 12.8 Å². The number of allylic oxidation sites excluding steroid dienone is 3. The Morgan fingerprint density at radius 2 is 2.12 bits per heavy atom. The van der Waals surface area contributed by atoms with E-state index < -0.39 is 12.1 Å². The lowest BCUT2D eigenvalue weighted by molar-refractivity contribution is -0.131. The van der Waals surface area contributed by atoms with Gasteiger partial charge in [0, 0.05) is 12.0 Å². The summed E-state index contributed by atoms with van der Waals surface area (Å²) in [4.78, 5) is 10.7. The van der Waals surface area contributed by atoms with Gasteiger partial charge in [-0.25, -0.2) is 4.79 Å². The van der Waals surface area contributed by atoms with Gasteiger partial charge in [0.25, 0.3) is 0 Å². The number of aliphatic hydroxyl groups excluding tert-OH is 1. The lowest BCUT2D eigenvalue weighted by atomic mass is 9.82. The Morgan fingerprint density at radius 3 is 2.88 bits per heavy atom. The van der Waals surface area contributed by atoms with E-state index in [1.54, 1.807) is 0 Å². The number of aliphatic hydroxyl groups is 1. The molecule has 2 rings (SSSR count). The molecule has 0 heterocycles. The second-order valence-corrected chi connectivity index (χ2v) is 4.41. The number of aliphatic carboxylic acids is 1. The minimum Gasteiger partial charge on any atom is -0.478 e. The summed E-state index contributed by atoms with van der Waals surface area (Å²) in [6, 6.07) is 0. The summed E-state index contributed by atoms with van der Waals surface area (Å²) < 4.78 is 0. The van der Waals surface area contributed by atoms with Crippen LogP contribution in [0.4, 0.5) is 0 Å². The van der Waals surface area contributed by atoms with Gasteiger partial charge in [-0.05, 0) is 30.8 Å². The highest BCUT2D eigenvalue weighted by Crippen LogP contribution is 2.35. The predicted molar refractivity (Wildman–Crippen MR) is 60.8 cm³/mol. The lowest BCUT2D eigenvalue weighted by Crippen LogP contribution is -2.26. The van der Waals surface area contributed by atoms with Crippen LogP contribution >= 0.6 is 0 Å². The number of carbonyl (C=O) groups is 1. The number of carboxylic acid groups (broad SMARTS) is 1. The third kappa shape index (κ3) is 2.25. The fraction of sp³-hybridized carbons (Fsp3) is 0.462. The molecule has 3 unspecified atom stereocenters. The van der Waals surface area contributed by atoms with E-state index in [1.165, 1.54) is 6.08 Å². The molecule has 0 aromatic rings. The Balaban J connectivity index is 2.24. The van der Waals surface area contributed by atoms with E-state index >= 15 is 0 Å². The van der Waals surface area contributed by atoms with Crippen LogP contribution < -0.4 is 0 Å². The molecule has 3 nitrogen and oxygen atoms in total. The Labute approximate surface area is 94.8 Å². The summed E-state index contributed by atoms with van der Waals surface area (Å²) in [6.45, 7) is 0. The molecule has 0 spiro atoms. The molecule has 2 N–H and O–H groups in total. The Hall–Kier alpha value is -1.35. The van der Waals surface area contributed by atoms with Crippen LogP contribution in [-0.4, -0.2) is 22.3 Å². The van der Waals surface area contributed by atoms with Crippen molar-refractivity contribution in [3.05, 3.63) is 36.0 Å². The number of hydrogen-bond donors (Lipinski definition) is 2. The van der Waals surface area contributed by atoms with E-state index in [-0.39, 0.29) is 5.92 Å². The van der Waals surface area contributed by atoms with Crippen molar-refractivity contribution < 1.29 is 15.0 Å². The highest BCUT2D eigenvalue weighted by molar-refractivity contribution is 5.80. The second-order valence-electron chi connectivity index (χ2n) is 4.41. The van der Waals surface area contributed by atoms with Gasteiger partial charge in [0.2, 0.25) is 0 Å². The summed E-state index contributed by atoms with van der Waals surface area (Å²) in [5, 5.41) is 18.9. The van der Waals surface area contributed by atoms with E-state index in [2.05, 4.69) is 6.08 Å². The summed E-state index contributed by atoms with van der Waals surface area (Å²) in [5.41, 5.74) is 0.653. The van der Waals surface area contributed by atoms with E-state index in [9.17, 15) is 9.90 Å². The SMILES string of the molecule is O=C(O)/C=C1\CCCC2C=CC=CC2C1O. The zero-order chi connectivity index (χ0) is 11.5. The Bertz CT molecular complexity index is 365. The van der Waals surface area contributed by atoms with Crippen LogP contribution in [0.25, 0.3) is 0 Å².